The Morgan fingerprint density at radius 2 is 2.15 bits per heavy atom. The number of pyridine rings is 1. The molecule has 0 unspecified atom stereocenters. The van der Waals surface area contributed by atoms with Crippen molar-refractivity contribution in [2.24, 2.45) is 0 Å². The second kappa shape index (κ2) is 8.05. The number of aromatic amines is 1. The number of rotatable bonds is 6. The first-order valence-corrected chi connectivity index (χ1v) is 8.76. The lowest BCUT2D eigenvalue weighted by Gasteiger charge is -2.24. The zero-order chi connectivity index (χ0) is 18.5. The average molecular weight is 371 g/mol. The molecule has 0 fully saturated rings. The minimum Gasteiger partial charge on any atom is -0.497 e. The maximum Gasteiger partial charge on any atom is 0.253 e. The molecule has 26 heavy (non-hydrogen) atoms. The highest BCUT2D eigenvalue weighted by Gasteiger charge is 2.15. The zero-order valence-corrected chi connectivity index (χ0v) is 15.6. The van der Waals surface area contributed by atoms with Gasteiger partial charge < -0.3 is 24.4 Å². The van der Waals surface area contributed by atoms with Gasteiger partial charge in [0, 0.05) is 18.2 Å². The first kappa shape index (κ1) is 18.0. The fourth-order valence-corrected chi connectivity index (χ4v) is 3.00. The van der Waals surface area contributed by atoms with Gasteiger partial charge in [-0.05, 0) is 54.9 Å². The van der Waals surface area contributed by atoms with Gasteiger partial charge in [0.2, 0.25) is 0 Å². The van der Waals surface area contributed by atoms with Crippen LogP contribution < -0.4 is 15.6 Å². The molecule has 0 radical (unpaired) electrons. The number of thiocarbonyl (C=S) groups is 1. The number of nitrogens with zero attached hydrogens (tertiary/aromatic N) is 1. The number of nitrogens with one attached hydrogen (secondary N) is 2. The molecule has 0 atom stereocenters. The molecule has 0 aliphatic heterocycles. The van der Waals surface area contributed by atoms with Crippen LogP contribution in [0.25, 0.3) is 10.9 Å². The molecule has 0 aliphatic carbocycles. The Hall–Kier alpha value is -2.80. The molecule has 0 saturated heterocycles. The van der Waals surface area contributed by atoms with E-state index in [1.807, 2.05) is 48.2 Å². The monoisotopic (exact) mass is 371 g/mol. The van der Waals surface area contributed by atoms with Crippen molar-refractivity contribution in [2.45, 2.75) is 20.0 Å². The van der Waals surface area contributed by atoms with Gasteiger partial charge in [-0.2, -0.15) is 0 Å². The van der Waals surface area contributed by atoms with Gasteiger partial charge in [-0.1, -0.05) is 0 Å². The van der Waals surface area contributed by atoms with Crippen LogP contribution in [-0.2, 0) is 13.1 Å². The van der Waals surface area contributed by atoms with E-state index in [1.165, 1.54) is 0 Å². The summed E-state index contributed by atoms with van der Waals surface area (Å²) in [6.45, 7) is 3.55. The van der Waals surface area contributed by atoms with E-state index in [0.29, 0.717) is 36.1 Å². The molecule has 136 valence electrons. The summed E-state index contributed by atoms with van der Waals surface area (Å²) in [5, 5.41) is 4.66. The molecular weight excluding hydrogens is 350 g/mol. The highest BCUT2D eigenvalue weighted by molar-refractivity contribution is 7.80. The van der Waals surface area contributed by atoms with Crippen molar-refractivity contribution >= 4 is 28.2 Å². The first-order valence-electron chi connectivity index (χ1n) is 8.36. The average Bonchev–Trinajstić information content (AvgIpc) is 3.14. The Morgan fingerprint density at radius 3 is 2.85 bits per heavy atom. The van der Waals surface area contributed by atoms with E-state index in [2.05, 4.69) is 10.3 Å². The van der Waals surface area contributed by atoms with Crippen molar-refractivity contribution in [1.82, 2.24) is 15.2 Å². The molecule has 1 aromatic carbocycles. The second-order valence-corrected chi connectivity index (χ2v) is 6.23. The van der Waals surface area contributed by atoms with Gasteiger partial charge in [0.15, 0.2) is 5.11 Å². The standard InChI is InChI=1S/C19H21N3O3S/c1-3-20-19(26)22(12-16-5-4-8-25-16)11-14-9-13-6-7-15(24-2)10-17(13)21-18(14)23/h4-10H,3,11-12H2,1-2H3,(H,20,26)(H,21,23). The number of H-pyrrole nitrogens is 1. The molecule has 0 aliphatic rings. The molecule has 0 amide bonds. The minimum atomic E-state index is -0.144. The van der Waals surface area contributed by atoms with E-state index < -0.39 is 0 Å². The summed E-state index contributed by atoms with van der Waals surface area (Å²) in [4.78, 5) is 17.4. The molecule has 3 rings (SSSR count). The smallest absolute Gasteiger partial charge is 0.253 e. The summed E-state index contributed by atoms with van der Waals surface area (Å²) >= 11 is 5.46. The van der Waals surface area contributed by atoms with E-state index in [9.17, 15) is 4.79 Å². The van der Waals surface area contributed by atoms with Crippen molar-refractivity contribution in [2.75, 3.05) is 13.7 Å². The SMILES string of the molecule is CCNC(=S)N(Cc1ccco1)Cc1cc2ccc(OC)cc2[nH]c1=O. The van der Waals surface area contributed by atoms with Crippen molar-refractivity contribution in [1.29, 1.82) is 0 Å². The highest BCUT2D eigenvalue weighted by atomic mass is 32.1. The number of furan rings is 1. The molecule has 0 bridgehead atoms. The number of hydrogen-bond donors (Lipinski definition) is 2. The number of fused-ring (bicyclic) bond motifs is 1. The Bertz CT molecular complexity index is 950. The number of hydrogen-bond acceptors (Lipinski definition) is 4. The predicted octanol–water partition coefficient (Wildman–Crippen LogP) is 3.03. The third-order valence-corrected chi connectivity index (χ3v) is 4.44. The Labute approximate surface area is 156 Å². The van der Waals surface area contributed by atoms with Crippen LogP contribution in [0.4, 0.5) is 0 Å². The van der Waals surface area contributed by atoms with E-state index in [1.54, 1.807) is 13.4 Å². The van der Waals surface area contributed by atoms with Crippen LogP contribution in [0, 0.1) is 0 Å². The summed E-state index contributed by atoms with van der Waals surface area (Å²) in [6, 6.07) is 11.2. The molecule has 2 heterocycles. The van der Waals surface area contributed by atoms with Gasteiger partial charge in [0.05, 0.1) is 32.0 Å². The normalized spacial score (nSPS) is 10.7. The van der Waals surface area contributed by atoms with Gasteiger partial charge in [-0.15, -0.1) is 0 Å². The molecular formula is C19H21N3O3S. The van der Waals surface area contributed by atoms with Crippen LogP contribution in [0.1, 0.15) is 18.2 Å². The Kier molecular flexibility index (Phi) is 5.58. The largest absolute Gasteiger partial charge is 0.497 e. The van der Waals surface area contributed by atoms with Crippen LogP contribution in [0.3, 0.4) is 0 Å². The predicted molar refractivity (Wildman–Crippen MR) is 105 cm³/mol. The lowest BCUT2D eigenvalue weighted by molar-refractivity contribution is 0.351. The molecule has 0 saturated carbocycles. The summed E-state index contributed by atoms with van der Waals surface area (Å²) in [5.41, 5.74) is 1.23. The fraction of sp³-hybridized carbons (Fsp3) is 0.263. The van der Waals surface area contributed by atoms with Crippen molar-refractivity contribution < 1.29 is 9.15 Å². The van der Waals surface area contributed by atoms with Gasteiger partial charge in [-0.25, -0.2) is 0 Å². The van der Waals surface area contributed by atoms with Crippen molar-refractivity contribution in [3.05, 3.63) is 64.3 Å². The summed E-state index contributed by atoms with van der Waals surface area (Å²) < 4.78 is 10.6. The van der Waals surface area contributed by atoms with Gasteiger partial charge >= 0.3 is 0 Å². The molecule has 0 spiro atoms. The van der Waals surface area contributed by atoms with Crippen LogP contribution in [0.5, 0.6) is 5.75 Å². The second-order valence-electron chi connectivity index (χ2n) is 5.85. The van der Waals surface area contributed by atoms with E-state index in [4.69, 9.17) is 21.4 Å². The number of methoxy groups -OCH3 is 1. The van der Waals surface area contributed by atoms with Crippen LogP contribution >= 0.6 is 12.2 Å². The topological polar surface area (TPSA) is 70.5 Å². The lowest BCUT2D eigenvalue weighted by atomic mass is 10.1. The van der Waals surface area contributed by atoms with E-state index >= 15 is 0 Å². The maximum absolute atomic E-state index is 12.5. The van der Waals surface area contributed by atoms with Gasteiger partial charge in [0.25, 0.3) is 5.56 Å². The summed E-state index contributed by atoms with van der Waals surface area (Å²) in [5.74, 6) is 1.49. The Balaban J connectivity index is 1.90. The fourth-order valence-electron chi connectivity index (χ4n) is 2.73. The van der Waals surface area contributed by atoms with Gasteiger partial charge in [-0.3, -0.25) is 4.79 Å². The molecule has 3 aromatic rings. The first-order chi connectivity index (χ1) is 12.6. The molecule has 7 heteroatoms. The third-order valence-electron chi connectivity index (χ3n) is 4.03. The maximum atomic E-state index is 12.5. The third kappa shape index (κ3) is 4.05. The van der Waals surface area contributed by atoms with Crippen LogP contribution in [0.15, 0.2) is 51.9 Å². The minimum absolute atomic E-state index is 0.144. The lowest BCUT2D eigenvalue weighted by Crippen LogP contribution is -2.39. The quantitative estimate of drug-likeness (QED) is 0.649. The number of benzene rings is 1. The number of aromatic nitrogens is 1. The van der Waals surface area contributed by atoms with Gasteiger partial charge in [0.1, 0.15) is 11.5 Å². The zero-order valence-electron chi connectivity index (χ0n) is 14.7. The Morgan fingerprint density at radius 1 is 1.31 bits per heavy atom. The highest BCUT2D eigenvalue weighted by Crippen LogP contribution is 2.19. The number of ether oxygens (including phenoxy) is 1. The van der Waals surface area contributed by atoms with Crippen LogP contribution in [-0.4, -0.2) is 28.7 Å². The van der Waals surface area contributed by atoms with E-state index in [0.717, 1.165) is 16.7 Å². The van der Waals surface area contributed by atoms with Crippen LogP contribution in [0.2, 0.25) is 0 Å². The molecule has 6 nitrogen and oxygen atoms in total. The van der Waals surface area contributed by atoms with Crippen molar-refractivity contribution in [3.8, 4) is 5.75 Å². The molecule has 2 aromatic heterocycles. The van der Waals surface area contributed by atoms with Crippen molar-refractivity contribution in [3.63, 3.8) is 0 Å². The summed E-state index contributed by atoms with van der Waals surface area (Å²) in [7, 11) is 1.60. The summed E-state index contributed by atoms with van der Waals surface area (Å²) in [6.07, 6.45) is 1.63. The molecule has 2 N–H and O–H groups in total. The van der Waals surface area contributed by atoms with E-state index in [-0.39, 0.29) is 5.56 Å².